The van der Waals surface area contributed by atoms with Gasteiger partial charge in [0.25, 0.3) is 5.56 Å². The van der Waals surface area contributed by atoms with Gasteiger partial charge < -0.3 is 0 Å². The van der Waals surface area contributed by atoms with Crippen LogP contribution in [0.3, 0.4) is 0 Å². The molecule has 20 heavy (non-hydrogen) atoms. The van der Waals surface area contributed by atoms with Crippen LogP contribution in [0.4, 0.5) is 0 Å². The Kier molecular flexibility index (Phi) is 3.12. The van der Waals surface area contributed by atoms with Crippen LogP contribution in [0.5, 0.6) is 0 Å². The number of pyridine rings is 1. The molecule has 0 fully saturated rings. The van der Waals surface area contributed by atoms with Crippen LogP contribution < -0.4 is 11.2 Å². The van der Waals surface area contributed by atoms with Gasteiger partial charge in [0.15, 0.2) is 0 Å². The Labute approximate surface area is 118 Å². The van der Waals surface area contributed by atoms with E-state index < -0.39 is 5.69 Å². The summed E-state index contributed by atoms with van der Waals surface area (Å²) in [7, 11) is 0. The van der Waals surface area contributed by atoms with Crippen molar-refractivity contribution in [3.8, 4) is 0 Å². The van der Waals surface area contributed by atoms with Crippen LogP contribution in [0, 0.1) is 0 Å². The Balaban J connectivity index is 2.14. The lowest BCUT2D eigenvalue weighted by molar-refractivity contribution is 0.710. The molecule has 6 heteroatoms. The number of rotatable bonds is 2. The van der Waals surface area contributed by atoms with Crippen molar-refractivity contribution in [3.05, 3.63) is 74.0 Å². The molecule has 2 heterocycles. The number of hydrogen-bond donors (Lipinski definition) is 1. The van der Waals surface area contributed by atoms with Gasteiger partial charge in [-0.2, -0.15) is 0 Å². The summed E-state index contributed by atoms with van der Waals surface area (Å²) in [6, 6.07) is 10.3. The van der Waals surface area contributed by atoms with Gasteiger partial charge in [0, 0.05) is 11.2 Å². The number of nitrogens with zero attached hydrogens (tertiary/aromatic N) is 2. The summed E-state index contributed by atoms with van der Waals surface area (Å²) in [6.07, 6.45) is 1.53. The molecular formula is C14H10ClN3O2. The standard InChI is InChI=1S/C14H10ClN3O2/c15-10-5-3-9(4-6-10)8-18-13(19)11-2-1-7-16-12(11)17-14(18)20/h1-7H,8H2,(H,16,17,20). The first-order valence-corrected chi connectivity index (χ1v) is 6.35. The zero-order chi connectivity index (χ0) is 14.1. The first kappa shape index (κ1) is 12.6. The fourth-order valence-corrected chi connectivity index (χ4v) is 2.13. The van der Waals surface area contributed by atoms with Crippen molar-refractivity contribution < 1.29 is 0 Å². The second-order valence-electron chi connectivity index (χ2n) is 4.35. The summed E-state index contributed by atoms with van der Waals surface area (Å²) in [4.78, 5) is 30.8. The highest BCUT2D eigenvalue weighted by Gasteiger charge is 2.08. The highest BCUT2D eigenvalue weighted by atomic mass is 35.5. The Morgan fingerprint density at radius 1 is 1.15 bits per heavy atom. The molecule has 3 rings (SSSR count). The van der Waals surface area contributed by atoms with E-state index in [0.717, 1.165) is 10.1 Å². The summed E-state index contributed by atoms with van der Waals surface area (Å²) in [6.45, 7) is 0.191. The molecule has 0 bridgehead atoms. The zero-order valence-electron chi connectivity index (χ0n) is 10.3. The predicted octanol–water partition coefficient (Wildman–Crippen LogP) is 1.79. The number of aromatic amines is 1. The van der Waals surface area contributed by atoms with Gasteiger partial charge in [-0.1, -0.05) is 23.7 Å². The fourth-order valence-electron chi connectivity index (χ4n) is 2.00. The maximum absolute atomic E-state index is 12.3. The summed E-state index contributed by atoms with van der Waals surface area (Å²) in [5.74, 6) is 0. The van der Waals surface area contributed by atoms with Crippen LogP contribution in [-0.4, -0.2) is 14.5 Å². The molecule has 0 spiro atoms. The normalized spacial score (nSPS) is 10.8. The third-order valence-corrected chi connectivity index (χ3v) is 3.26. The molecule has 0 saturated carbocycles. The van der Waals surface area contributed by atoms with Crippen LogP contribution in [0.15, 0.2) is 52.2 Å². The van der Waals surface area contributed by atoms with Crippen LogP contribution in [0.2, 0.25) is 5.02 Å². The molecule has 0 radical (unpaired) electrons. The van der Waals surface area contributed by atoms with Gasteiger partial charge in [-0.3, -0.25) is 14.3 Å². The topological polar surface area (TPSA) is 67.8 Å². The molecule has 1 N–H and O–H groups in total. The Morgan fingerprint density at radius 3 is 2.65 bits per heavy atom. The second kappa shape index (κ2) is 4.94. The minimum Gasteiger partial charge on any atom is -0.291 e. The van der Waals surface area contributed by atoms with E-state index in [2.05, 4.69) is 9.97 Å². The minimum absolute atomic E-state index is 0.191. The molecule has 0 atom stereocenters. The van der Waals surface area contributed by atoms with Gasteiger partial charge in [0.05, 0.1) is 11.9 Å². The number of H-pyrrole nitrogens is 1. The molecule has 0 amide bonds. The van der Waals surface area contributed by atoms with E-state index >= 15 is 0 Å². The third-order valence-electron chi connectivity index (χ3n) is 3.01. The van der Waals surface area contributed by atoms with Crippen molar-refractivity contribution in [2.75, 3.05) is 0 Å². The lowest BCUT2D eigenvalue weighted by Crippen LogP contribution is -2.35. The molecule has 0 saturated heterocycles. The van der Waals surface area contributed by atoms with Gasteiger partial charge >= 0.3 is 5.69 Å². The maximum Gasteiger partial charge on any atom is 0.330 e. The van der Waals surface area contributed by atoms with Crippen molar-refractivity contribution in [1.29, 1.82) is 0 Å². The number of hydrogen-bond acceptors (Lipinski definition) is 3. The lowest BCUT2D eigenvalue weighted by Gasteiger charge is -2.06. The summed E-state index contributed by atoms with van der Waals surface area (Å²) in [5, 5.41) is 0.999. The van der Waals surface area contributed by atoms with Gasteiger partial charge in [-0.15, -0.1) is 0 Å². The highest BCUT2D eigenvalue weighted by Crippen LogP contribution is 2.10. The van der Waals surface area contributed by atoms with Gasteiger partial charge in [0.1, 0.15) is 5.65 Å². The number of nitrogens with one attached hydrogen (secondary N) is 1. The van der Waals surface area contributed by atoms with E-state index in [1.807, 2.05) is 0 Å². The van der Waals surface area contributed by atoms with Crippen LogP contribution in [-0.2, 0) is 6.54 Å². The lowest BCUT2D eigenvalue weighted by atomic mass is 10.2. The number of halogens is 1. The summed E-state index contributed by atoms with van der Waals surface area (Å²) < 4.78 is 1.15. The zero-order valence-corrected chi connectivity index (χ0v) is 11.1. The molecule has 0 aliphatic rings. The summed E-state index contributed by atoms with van der Waals surface area (Å²) in [5.41, 5.74) is 0.294. The average molecular weight is 288 g/mol. The second-order valence-corrected chi connectivity index (χ2v) is 4.78. The number of benzene rings is 1. The Morgan fingerprint density at radius 2 is 1.90 bits per heavy atom. The van der Waals surface area contributed by atoms with Crippen molar-refractivity contribution in [2.24, 2.45) is 0 Å². The molecule has 100 valence electrons. The molecule has 0 aliphatic carbocycles. The monoisotopic (exact) mass is 287 g/mol. The highest BCUT2D eigenvalue weighted by molar-refractivity contribution is 6.30. The minimum atomic E-state index is -0.476. The molecular weight excluding hydrogens is 278 g/mol. The van der Waals surface area contributed by atoms with Crippen molar-refractivity contribution >= 4 is 22.6 Å². The van der Waals surface area contributed by atoms with Gasteiger partial charge in [0.2, 0.25) is 0 Å². The van der Waals surface area contributed by atoms with Gasteiger partial charge in [-0.05, 0) is 29.8 Å². The molecule has 0 unspecified atom stereocenters. The molecule has 2 aromatic heterocycles. The molecule has 0 aliphatic heterocycles. The van der Waals surface area contributed by atoms with Crippen LogP contribution in [0.25, 0.3) is 11.0 Å². The van der Waals surface area contributed by atoms with Crippen molar-refractivity contribution in [2.45, 2.75) is 6.54 Å². The van der Waals surface area contributed by atoms with E-state index in [1.165, 1.54) is 6.20 Å². The van der Waals surface area contributed by atoms with Crippen molar-refractivity contribution in [1.82, 2.24) is 14.5 Å². The quantitative estimate of drug-likeness (QED) is 0.781. The van der Waals surface area contributed by atoms with E-state index in [4.69, 9.17) is 11.6 Å². The third kappa shape index (κ3) is 2.23. The molecule has 5 nitrogen and oxygen atoms in total. The maximum atomic E-state index is 12.3. The largest absolute Gasteiger partial charge is 0.330 e. The SMILES string of the molecule is O=c1[nH]c2ncccc2c(=O)n1Cc1ccc(Cl)cc1. The number of aromatic nitrogens is 3. The molecule has 1 aromatic carbocycles. The van der Waals surface area contributed by atoms with E-state index in [1.54, 1.807) is 36.4 Å². The van der Waals surface area contributed by atoms with Gasteiger partial charge in [-0.25, -0.2) is 9.78 Å². The number of fused-ring (bicyclic) bond motifs is 1. The van der Waals surface area contributed by atoms with Crippen LogP contribution >= 0.6 is 11.6 Å². The van der Waals surface area contributed by atoms with E-state index in [-0.39, 0.29) is 12.1 Å². The fraction of sp³-hybridized carbons (Fsp3) is 0.0714. The predicted molar refractivity (Wildman–Crippen MR) is 77.2 cm³/mol. The Hall–Kier alpha value is -2.40. The smallest absolute Gasteiger partial charge is 0.291 e. The first-order chi connectivity index (χ1) is 9.65. The van der Waals surface area contributed by atoms with E-state index in [9.17, 15) is 9.59 Å². The summed E-state index contributed by atoms with van der Waals surface area (Å²) >= 11 is 5.81. The molecule has 3 aromatic rings. The Bertz CT molecular complexity index is 881. The van der Waals surface area contributed by atoms with E-state index in [0.29, 0.717) is 16.1 Å². The van der Waals surface area contributed by atoms with Crippen LogP contribution in [0.1, 0.15) is 5.56 Å². The first-order valence-electron chi connectivity index (χ1n) is 5.97. The average Bonchev–Trinajstić information content (AvgIpc) is 2.45. The van der Waals surface area contributed by atoms with Crippen molar-refractivity contribution in [3.63, 3.8) is 0 Å².